The molecule has 2 heterocycles. The summed E-state index contributed by atoms with van der Waals surface area (Å²) in [5, 5.41) is 7.99. The van der Waals surface area contributed by atoms with E-state index in [1.165, 1.54) is 6.33 Å². The second kappa shape index (κ2) is 4.71. The number of halogens is 1. The maximum Gasteiger partial charge on any atom is 0.138 e. The Bertz CT molecular complexity index is 535. The Kier molecular flexibility index (Phi) is 3.28. The van der Waals surface area contributed by atoms with E-state index in [-0.39, 0.29) is 0 Å². The summed E-state index contributed by atoms with van der Waals surface area (Å²) in [5.41, 5.74) is 2.76. The molecule has 1 N–H and O–H groups in total. The fourth-order valence-corrected chi connectivity index (χ4v) is 1.93. The molecule has 2 aromatic rings. The lowest BCUT2D eigenvalue weighted by Crippen LogP contribution is -2.00. The molecule has 0 atom stereocenters. The lowest BCUT2D eigenvalue weighted by molar-refractivity contribution is 0.756. The highest BCUT2D eigenvalue weighted by atomic mass is 35.5. The van der Waals surface area contributed by atoms with Gasteiger partial charge >= 0.3 is 0 Å². The molecule has 0 aliphatic heterocycles. The Morgan fingerprint density at radius 3 is 2.76 bits per heavy atom. The van der Waals surface area contributed by atoms with E-state index < -0.39 is 0 Å². The van der Waals surface area contributed by atoms with Crippen LogP contribution in [0.4, 0.5) is 11.5 Å². The average molecular weight is 252 g/mol. The molecular formula is C11H14ClN5. The normalized spacial score (nSPS) is 10.6. The van der Waals surface area contributed by atoms with Gasteiger partial charge in [-0.2, -0.15) is 5.10 Å². The van der Waals surface area contributed by atoms with Crippen LogP contribution in [0.3, 0.4) is 0 Å². The Balaban J connectivity index is 2.36. The molecule has 0 aliphatic rings. The van der Waals surface area contributed by atoms with Crippen LogP contribution >= 0.6 is 11.6 Å². The summed E-state index contributed by atoms with van der Waals surface area (Å²) in [6.07, 6.45) is 4.14. The minimum absolute atomic E-state index is 0.492. The summed E-state index contributed by atoms with van der Waals surface area (Å²) in [6, 6.07) is 0. The van der Waals surface area contributed by atoms with Crippen LogP contribution in [0.1, 0.15) is 18.2 Å². The van der Waals surface area contributed by atoms with Crippen molar-refractivity contribution in [3.05, 3.63) is 28.9 Å². The third-order valence-electron chi connectivity index (χ3n) is 2.51. The van der Waals surface area contributed by atoms with Crippen molar-refractivity contribution in [2.24, 2.45) is 7.05 Å². The van der Waals surface area contributed by atoms with E-state index in [9.17, 15) is 0 Å². The molecular weight excluding hydrogens is 238 g/mol. The highest BCUT2D eigenvalue weighted by molar-refractivity contribution is 6.30. The zero-order valence-corrected chi connectivity index (χ0v) is 10.8. The molecule has 2 aromatic heterocycles. The van der Waals surface area contributed by atoms with Gasteiger partial charge in [-0.15, -0.1) is 0 Å². The number of aromatic nitrogens is 4. The molecule has 0 radical (unpaired) electrons. The molecule has 5 nitrogen and oxygen atoms in total. The van der Waals surface area contributed by atoms with Gasteiger partial charge in [0.05, 0.1) is 11.4 Å². The Labute approximate surface area is 105 Å². The largest absolute Gasteiger partial charge is 0.337 e. The molecule has 0 saturated carbocycles. The number of anilines is 2. The van der Waals surface area contributed by atoms with E-state index in [0.29, 0.717) is 5.15 Å². The summed E-state index contributed by atoms with van der Waals surface area (Å²) in [4.78, 5) is 8.19. The van der Waals surface area contributed by atoms with E-state index in [0.717, 1.165) is 29.2 Å². The molecule has 17 heavy (non-hydrogen) atoms. The number of nitrogens with one attached hydrogen (secondary N) is 1. The summed E-state index contributed by atoms with van der Waals surface area (Å²) in [7, 11) is 1.88. The first kappa shape index (κ1) is 11.9. The van der Waals surface area contributed by atoms with Crippen LogP contribution < -0.4 is 5.32 Å². The Morgan fingerprint density at radius 2 is 2.18 bits per heavy atom. The second-order valence-electron chi connectivity index (χ2n) is 3.77. The predicted octanol–water partition coefficient (Wildman–Crippen LogP) is 2.48. The molecule has 0 aromatic carbocycles. The molecule has 6 heteroatoms. The summed E-state index contributed by atoms with van der Waals surface area (Å²) < 4.78 is 1.76. The van der Waals surface area contributed by atoms with Gasteiger partial charge in [-0.1, -0.05) is 18.5 Å². The van der Waals surface area contributed by atoms with Gasteiger partial charge in [0.15, 0.2) is 0 Å². The zero-order chi connectivity index (χ0) is 12.4. The number of rotatable bonds is 3. The third-order valence-corrected chi connectivity index (χ3v) is 2.84. The van der Waals surface area contributed by atoms with Crippen LogP contribution in [0.2, 0.25) is 5.15 Å². The summed E-state index contributed by atoms with van der Waals surface area (Å²) >= 11 is 6.03. The molecule has 2 rings (SSSR count). The van der Waals surface area contributed by atoms with Crippen molar-refractivity contribution in [2.45, 2.75) is 20.3 Å². The molecule has 0 aliphatic carbocycles. The second-order valence-corrected chi connectivity index (χ2v) is 4.13. The molecule has 0 saturated heterocycles. The van der Waals surface area contributed by atoms with Gasteiger partial charge in [-0.25, -0.2) is 9.97 Å². The first-order valence-electron chi connectivity index (χ1n) is 5.38. The summed E-state index contributed by atoms with van der Waals surface area (Å²) in [5.74, 6) is 0.739. The van der Waals surface area contributed by atoms with Crippen LogP contribution in [0, 0.1) is 6.92 Å². The molecule has 0 spiro atoms. The lowest BCUT2D eigenvalue weighted by atomic mass is 10.2. The standard InChI is InChI=1S/C11H14ClN5/c1-4-8-10(12)13-6-14-11(8)15-9-5-17(3)16-7(9)2/h5-6H,4H2,1-3H3,(H,13,14,15). The smallest absolute Gasteiger partial charge is 0.138 e. The molecule has 0 unspecified atom stereocenters. The monoisotopic (exact) mass is 251 g/mol. The zero-order valence-electron chi connectivity index (χ0n) is 10.0. The highest BCUT2D eigenvalue weighted by Gasteiger charge is 2.10. The van der Waals surface area contributed by atoms with Gasteiger partial charge in [0.1, 0.15) is 17.3 Å². The van der Waals surface area contributed by atoms with Gasteiger partial charge in [-0.3, -0.25) is 4.68 Å². The van der Waals surface area contributed by atoms with Crippen LogP contribution in [-0.2, 0) is 13.5 Å². The van der Waals surface area contributed by atoms with Gasteiger partial charge in [-0.05, 0) is 13.3 Å². The number of hydrogen-bond acceptors (Lipinski definition) is 4. The SMILES string of the molecule is CCc1c(Cl)ncnc1Nc1cn(C)nc1C. The minimum Gasteiger partial charge on any atom is -0.337 e. The molecule has 0 amide bonds. The van der Waals surface area contributed by atoms with Crippen LogP contribution in [0.15, 0.2) is 12.5 Å². The van der Waals surface area contributed by atoms with Gasteiger partial charge in [0.2, 0.25) is 0 Å². The van der Waals surface area contributed by atoms with Crippen LogP contribution in [0.25, 0.3) is 0 Å². The number of hydrogen-bond donors (Lipinski definition) is 1. The Hall–Kier alpha value is -1.62. The van der Waals surface area contributed by atoms with Crippen molar-refractivity contribution in [3.8, 4) is 0 Å². The van der Waals surface area contributed by atoms with Crippen molar-refractivity contribution in [1.82, 2.24) is 19.7 Å². The highest BCUT2D eigenvalue weighted by Crippen LogP contribution is 2.24. The number of nitrogens with zero attached hydrogens (tertiary/aromatic N) is 4. The quantitative estimate of drug-likeness (QED) is 0.852. The van der Waals surface area contributed by atoms with Crippen molar-refractivity contribution in [1.29, 1.82) is 0 Å². The van der Waals surface area contributed by atoms with E-state index in [2.05, 4.69) is 20.4 Å². The van der Waals surface area contributed by atoms with Crippen molar-refractivity contribution in [2.75, 3.05) is 5.32 Å². The fraction of sp³-hybridized carbons (Fsp3) is 0.364. The first-order valence-corrected chi connectivity index (χ1v) is 5.76. The third kappa shape index (κ3) is 2.39. The van der Waals surface area contributed by atoms with Crippen LogP contribution in [0.5, 0.6) is 0 Å². The van der Waals surface area contributed by atoms with E-state index >= 15 is 0 Å². The van der Waals surface area contributed by atoms with Crippen molar-refractivity contribution >= 4 is 23.1 Å². The summed E-state index contributed by atoms with van der Waals surface area (Å²) in [6.45, 7) is 3.96. The maximum absolute atomic E-state index is 6.03. The van der Waals surface area contributed by atoms with Gasteiger partial charge in [0.25, 0.3) is 0 Å². The lowest BCUT2D eigenvalue weighted by Gasteiger charge is -2.09. The molecule has 0 fully saturated rings. The molecule has 90 valence electrons. The topological polar surface area (TPSA) is 55.6 Å². The van der Waals surface area contributed by atoms with Gasteiger partial charge < -0.3 is 5.32 Å². The van der Waals surface area contributed by atoms with Crippen LogP contribution in [-0.4, -0.2) is 19.7 Å². The van der Waals surface area contributed by atoms with Crippen molar-refractivity contribution < 1.29 is 0 Å². The van der Waals surface area contributed by atoms with E-state index in [4.69, 9.17) is 11.6 Å². The number of aryl methyl sites for hydroxylation is 2. The maximum atomic E-state index is 6.03. The van der Waals surface area contributed by atoms with E-state index in [1.807, 2.05) is 27.1 Å². The minimum atomic E-state index is 0.492. The molecule has 0 bridgehead atoms. The van der Waals surface area contributed by atoms with E-state index in [1.54, 1.807) is 4.68 Å². The van der Waals surface area contributed by atoms with Gasteiger partial charge in [0, 0.05) is 18.8 Å². The fourth-order valence-electron chi connectivity index (χ4n) is 1.66. The first-order chi connectivity index (χ1) is 8.11. The predicted molar refractivity (Wildman–Crippen MR) is 67.6 cm³/mol. The average Bonchev–Trinajstić information content (AvgIpc) is 2.58. The van der Waals surface area contributed by atoms with Crippen molar-refractivity contribution in [3.63, 3.8) is 0 Å². The Morgan fingerprint density at radius 1 is 1.41 bits per heavy atom.